The number of nitrogens with zero attached hydrogens (tertiary/aromatic N) is 3. The Kier molecular flexibility index (Phi) is 4.09. The average molecular weight is 249 g/mol. The van der Waals surface area contributed by atoms with E-state index >= 15 is 0 Å². The van der Waals surface area contributed by atoms with Crippen LogP contribution in [0, 0.1) is 0 Å². The van der Waals surface area contributed by atoms with Gasteiger partial charge in [-0.2, -0.15) is 0 Å². The van der Waals surface area contributed by atoms with E-state index in [4.69, 9.17) is 0 Å². The minimum absolute atomic E-state index is 0.176. The highest BCUT2D eigenvalue weighted by Gasteiger charge is 2.17. The smallest absolute Gasteiger partial charge is 0.271 e. The summed E-state index contributed by atoms with van der Waals surface area (Å²) in [5.74, 6) is 0.654. The van der Waals surface area contributed by atoms with Crippen LogP contribution in [0.2, 0.25) is 0 Å². The van der Waals surface area contributed by atoms with Crippen LogP contribution in [0.4, 0.5) is 5.82 Å². The molecule has 2 heterocycles. The number of hydrogen-bond acceptors (Lipinski definition) is 5. The molecule has 1 atom stereocenters. The first kappa shape index (κ1) is 12.8. The summed E-state index contributed by atoms with van der Waals surface area (Å²) in [5, 5.41) is 14.2. The van der Waals surface area contributed by atoms with E-state index in [1.54, 1.807) is 6.07 Å². The van der Waals surface area contributed by atoms with Gasteiger partial charge < -0.3 is 15.5 Å². The average Bonchev–Trinajstić information content (AvgIpc) is 2.39. The Morgan fingerprint density at radius 3 is 3.00 bits per heavy atom. The van der Waals surface area contributed by atoms with Crippen LogP contribution in [0.25, 0.3) is 0 Å². The second kappa shape index (κ2) is 5.77. The van der Waals surface area contributed by atoms with E-state index in [2.05, 4.69) is 32.7 Å². The van der Waals surface area contributed by atoms with Crippen LogP contribution >= 0.6 is 0 Å². The Balaban J connectivity index is 2.05. The number of carbonyl (C=O) groups is 1. The Bertz CT molecular complexity index is 405. The number of anilines is 1. The Morgan fingerprint density at radius 2 is 2.39 bits per heavy atom. The molecule has 0 aliphatic carbocycles. The van der Waals surface area contributed by atoms with E-state index in [1.165, 1.54) is 0 Å². The van der Waals surface area contributed by atoms with Gasteiger partial charge >= 0.3 is 0 Å². The lowest BCUT2D eigenvalue weighted by atomic mass is 10.2. The number of amides is 1. The maximum atomic E-state index is 11.5. The van der Waals surface area contributed by atoms with Gasteiger partial charge in [0.2, 0.25) is 0 Å². The molecule has 1 fully saturated rings. The van der Waals surface area contributed by atoms with Crippen LogP contribution in [-0.2, 0) is 0 Å². The fourth-order valence-corrected chi connectivity index (χ4v) is 2.01. The lowest BCUT2D eigenvalue weighted by Crippen LogP contribution is -2.49. The number of nitrogens with one attached hydrogen (secondary N) is 2. The predicted molar refractivity (Wildman–Crippen MR) is 69.7 cm³/mol. The third-order valence-corrected chi connectivity index (χ3v) is 2.91. The summed E-state index contributed by atoms with van der Waals surface area (Å²) in [7, 11) is 0. The van der Waals surface area contributed by atoms with E-state index in [0.717, 1.165) is 25.5 Å². The van der Waals surface area contributed by atoms with Gasteiger partial charge in [0.15, 0.2) is 11.5 Å². The molecule has 2 rings (SSSR count). The van der Waals surface area contributed by atoms with Crippen molar-refractivity contribution in [3.63, 3.8) is 0 Å². The molecular formula is C12H19N5O. The quantitative estimate of drug-likeness (QED) is 0.790. The van der Waals surface area contributed by atoms with Gasteiger partial charge in [-0.15, -0.1) is 10.2 Å². The summed E-state index contributed by atoms with van der Waals surface area (Å²) in [4.78, 5) is 13.7. The lowest BCUT2D eigenvalue weighted by molar-refractivity contribution is 0.0950. The molecule has 0 aromatic carbocycles. The zero-order chi connectivity index (χ0) is 13.0. The van der Waals surface area contributed by atoms with E-state index in [0.29, 0.717) is 18.3 Å². The van der Waals surface area contributed by atoms with Gasteiger partial charge in [0.05, 0.1) is 0 Å². The lowest BCUT2D eigenvalue weighted by Gasteiger charge is -2.32. The van der Waals surface area contributed by atoms with E-state index < -0.39 is 0 Å². The van der Waals surface area contributed by atoms with Crippen molar-refractivity contribution in [2.75, 3.05) is 31.1 Å². The molecule has 1 aromatic rings. The molecule has 0 saturated carbocycles. The SMILES string of the molecule is CCNC(=O)c1ccc(N2CCNC(C)C2)nn1. The van der Waals surface area contributed by atoms with Crippen molar-refractivity contribution in [3.8, 4) is 0 Å². The number of piperazine rings is 1. The van der Waals surface area contributed by atoms with Gasteiger partial charge in [-0.3, -0.25) is 4.79 Å². The first-order valence-corrected chi connectivity index (χ1v) is 6.31. The molecular weight excluding hydrogens is 230 g/mol. The van der Waals surface area contributed by atoms with Crippen molar-refractivity contribution in [2.45, 2.75) is 19.9 Å². The minimum atomic E-state index is -0.176. The summed E-state index contributed by atoms with van der Waals surface area (Å²) < 4.78 is 0. The summed E-state index contributed by atoms with van der Waals surface area (Å²) in [6, 6.07) is 4.03. The maximum absolute atomic E-state index is 11.5. The van der Waals surface area contributed by atoms with Crippen LogP contribution in [-0.4, -0.2) is 48.3 Å². The third-order valence-electron chi connectivity index (χ3n) is 2.91. The van der Waals surface area contributed by atoms with Crippen LogP contribution in [0.3, 0.4) is 0 Å². The number of aromatic nitrogens is 2. The van der Waals surface area contributed by atoms with Crippen LogP contribution in [0.5, 0.6) is 0 Å². The third kappa shape index (κ3) is 2.95. The van der Waals surface area contributed by atoms with E-state index in [1.807, 2.05) is 13.0 Å². The Morgan fingerprint density at radius 1 is 1.56 bits per heavy atom. The molecule has 1 unspecified atom stereocenters. The van der Waals surface area contributed by atoms with Crippen molar-refractivity contribution >= 4 is 11.7 Å². The summed E-state index contributed by atoms with van der Waals surface area (Å²) in [5.41, 5.74) is 0.365. The Hall–Kier alpha value is -1.69. The van der Waals surface area contributed by atoms with Crippen molar-refractivity contribution in [2.24, 2.45) is 0 Å². The van der Waals surface area contributed by atoms with Gasteiger partial charge in [0, 0.05) is 32.2 Å². The largest absolute Gasteiger partial charge is 0.352 e. The number of carbonyl (C=O) groups excluding carboxylic acids is 1. The van der Waals surface area contributed by atoms with Crippen molar-refractivity contribution in [1.29, 1.82) is 0 Å². The summed E-state index contributed by atoms with van der Waals surface area (Å²) >= 11 is 0. The number of rotatable bonds is 3. The normalized spacial score (nSPS) is 19.7. The second-order valence-electron chi connectivity index (χ2n) is 4.44. The van der Waals surface area contributed by atoms with Crippen LogP contribution in [0.1, 0.15) is 24.3 Å². The highest BCUT2D eigenvalue weighted by molar-refractivity contribution is 5.92. The fourth-order valence-electron chi connectivity index (χ4n) is 2.01. The molecule has 6 heteroatoms. The molecule has 1 aromatic heterocycles. The highest BCUT2D eigenvalue weighted by Crippen LogP contribution is 2.11. The van der Waals surface area contributed by atoms with Gasteiger partial charge in [-0.05, 0) is 26.0 Å². The second-order valence-corrected chi connectivity index (χ2v) is 4.44. The molecule has 98 valence electrons. The molecule has 1 amide bonds. The topological polar surface area (TPSA) is 70.2 Å². The minimum Gasteiger partial charge on any atom is -0.352 e. The predicted octanol–water partition coefficient (Wildman–Crippen LogP) is 0.0244. The zero-order valence-electron chi connectivity index (χ0n) is 10.8. The van der Waals surface area contributed by atoms with Crippen molar-refractivity contribution in [3.05, 3.63) is 17.8 Å². The Labute approximate surface area is 107 Å². The summed E-state index contributed by atoms with van der Waals surface area (Å²) in [6.45, 7) is 7.39. The van der Waals surface area contributed by atoms with Gasteiger partial charge in [0.1, 0.15) is 0 Å². The monoisotopic (exact) mass is 249 g/mol. The van der Waals surface area contributed by atoms with Crippen LogP contribution in [0.15, 0.2) is 12.1 Å². The molecule has 2 N–H and O–H groups in total. The molecule has 0 bridgehead atoms. The van der Waals surface area contributed by atoms with Crippen molar-refractivity contribution in [1.82, 2.24) is 20.8 Å². The van der Waals surface area contributed by atoms with E-state index in [-0.39, 0.29) is 5.91 Å². The zero-order valence-corrected chi connectivity index (χ0v) is 10.8. The van der Waals surface area contributed by atoms with Gasteiger partial charge in [-0.1, -0.05) is 0 Å². The molecule has 1 saturated heterocycles. The summed E-state index contributed by atoms with van der Waals surface area (Å²) in [6.07, 6.45) is 0. The standard InChI is InChI=1S/C12H19N5O/c1-3-13-12(18)10-4-5-11(16-15-10)17-7-6-14-9(2)8-17/h4-5,9,14H,3,6-8H2,1-2H3,(H,13,18). The molecule has 6 nitrogen and oxygen atoms in total. The molecule has 0 radical (unpaired) electrons. The molecule has 1 aliphatic heterocycles. The first-order chi connectivity index (χ1) is 8.70. The molecule has 1 aliphatic rings. The van der Waals surface area contributed by atoms with E-state index in [9.17, 15) is 4.79 Å². The van der Waals surface area contributed by atoms with Gasteiger partial charge in [0.25, 0.3) is 5.91 Å². The fraction of sp³-hybridized carbons (Fsp3) is 0.583. The van der Waals surface area contributed by atoms with Crippen LogP contribution < -0.4 is 15.5 Å². The first-order valence-electron chi connectivity index (χ1n) is 6.31. The van der Waals surface area contributed by atoms with Crippen molar-refractivity contribution < 1.29 is 4.79 Å². The highest BCUT2D eigenvalue weighted by atomic mass is 16.1. The molecule has 0 spiro atoms. The molecule has 18 heavy (non-hydrogen) atoms. The van der Waals surface area contributed by atoms with Gasteiger partial charge in [-0.25, -0.2) is 0 Å². The maximum Gasteiger partial charge on any atom is 0.271 e. The number of hydrogen-bond donors (Lipinski definition) is 2.